The summed E-state index contributed by atoms with van der Waals surface area (Å²) < 4.78 is 4.93. The highest BCUT2D eigenvalue weighted by molar-refractivity contribution is 7.17. The van der Waals surface area contributed by atoms with Crippen LogP contribution in [0.5, 0.6) is 0 Å². The molecule has 0 fully saturated rings. The third-order valence-electron chi connectivity index (χ3n) is 4.08. The molecule has 126 valence electrons. The molecule has 1 aromatic carbocycles. The average Bonchev–Trinajstić information content (AvgIpc) is 3.13. The number of benzene rings is 1. The highest BCUT2D eigenvalue weighted by Gasteiger charge is 2.21. The van der Waals surface area contributed by atoms with E-state index in [-0.39, 0.29) is 11.6 Å². The van der Waals surface area contributed by atoms with Gasteiger partial charge < -0.3 is 9.84 Å². The van der Waals surface area contributed by atoms with Crippen molar-refractivity contribution in [1.82, 2.24) is 5.16 Å². The fraction of sp³-hybridized carbons (Fsp3) is 0.211. The molecule has 0 aliphatic carbocycles. The fourth-order valence-electron chi connectivity index (χ4n) is 2.62. The standard InChI is InChI=1S/C19H17N3O2S/c1-10-5-6-14(7-11(10)2)17-13(4)25-19(15(17)9-20)21-18(23)16-8-12(3)24-22-16/h5-8H,1-4H3,(H,21,23). The fourth-order valence-corrected chi connectivity index (χ4v) is 3.65. The van der Waals surface area contributed by atoms with Crippen LogP contribution in [-0.4, -0.2) is 11.1 Å². The zero-order chi connectivity index (χ0) is 18.1. The Morgan fingerprint density at radius 1 is 1.20 bits per heavy atom. The lowest BCUT2D eigenvalue weighted by atomic mass is 9.98. The Morgan fingerprint density at radius 2 is 1.96 bits per heavy atom. The van der Waals surface area contributed by atoms with E-state index < -0.39 is 0 Å². The van der Waals surface area contributed by atoms with E-state index in [1.165, 1.54) is 16.9 Å². The number of anilines is 1. The minimum Gasteiger partial charge on any atom is -0.361 e. The smallest absolute Gasteiger partial charge is 0.278 e. The number of thiophene rings is 1. The Morgan fingerprint density at radius 3 is 2.56 bits per heavy atom. The molecule has 2 heterocycles. The van der Waals surface area contributed by atoms with Crippen LogP contribution in [0.3, 0.4) is 0 Å². The van der Waals surface area contributed by atoms with Gasteiger partial charge in [-0.15, -0.1) is 11.3 Å². The first-order chi connectivity index (χ1) is 11.9. The molecule has 0 unspecified atom stereocenters. The number of amides is 1. The Balaban J connectivity index is 2.01. The summed E-state index contributed by atoms with van der Waals surface area (Å²) >= 11 is 1.39. The Kier molecular flexibility index (Phi) is 4.43. The lowest BCUT2D eigenvalue weighted by Gasteiger charge is -2.06. The molecule has 0 bridgehead atoms. The van der Waals surface area contributed by atoms with Crippen LogP contribution in [0.2, 0.25) is 0 Å². The third-order valence-corrected chi connectivity index (χ3v) is 5.10. The van der Waals surface area contributed by atoms with Crippen molar-refractivity contribution in [3.8, 4) is 17.2 Å². The summed E-state index contributed by atoms with van der Waals surface area (Å²) in [6, 6.07) is 9.91. The molecular formula is C19H17N3O2S. The van der Waals surface area contributed by atoms with E-state index in [2.05, 4.69) is 29.5 Å². The number of rotatable bonds is 3. The van der Waals surface area contributed by atoms with Crippen molar-refractivity contribution in [2.75, 3.05) is 5.32 Å². The van der Waals surface area contributed by atoms with Crippen LogP contribution in [-0.2, 0) is 0 Å². The highest BCUT2D eigenvalue weighted by Crippen LogP contribution is 2.40. The Bertz CT molecular complexity index is 1010. The predicted molar refractivity (Wildman–Crippen MR) is 97.9 cm³/mol. The van der Waals surface area contributed by atoms with Gasteiger partial charge in [0.25, 0.3) is 5.91 Å². The Hall–Kier alpha value is -2.91. The van der Waals surface area contributed by atoms with Crippen LogP contribution in [0.1, 0.15) is 37.8 Å². The molecule has 1 amide bonds. The van der Waals surface area contributed by atoms with Gasteiger partial charge in [-0.1, -0.05) is 23.4 Å². The van der Waals surface area contributed by atoms with Crippen LogP contribution in [0, 0.1) is 39.0 Å². The monoisotopic (exact) mass is 351 g/mol. The van der Waals surface area contributed by atoms with Gasteiger partial charge in [-0.05, 0) is 44.4 Å². The van der Waals surface area contributed by atoms with Crippen LogP contribution in [0.25, 0.3) is 11.1 Å². The minimum atomic E-state index is -0.388. The maximum Gasteiger partial charge on any atom is 0.278 e. The van der Waals surface area contributed by atoms with Gasteiger partial charge in [0.1, 0.15) is 16.8 Å². The molecule has 0 spiro atoms. The number of nitriles is 1. The highest BCUT2D eigenvalue weighted by atomic mass is 32.1. The lowest BCUT2D eigenvalue weighted by molar-refractivity contribution is 0.101. The molecule has 3 aromatic rings. The van der Waals surface area contributed by atoms with Crippen LogP contribution < -0.4 is 5.32 Å². The van der Waals surface area contributed by atoms with E-state index in [9.17, 15) is 10.1 Å². The number of nitrogens with one attached hydrogen (secondary N) is 1. The molecule has 0 radical (unpaired) electrons. The Labute approximate surface area is 149 Å². The number of nitrogens with zero attached hydrogens (tertiary/aromatic N) is 2. The average molecular weight is 351 g/mol. The molecule has 0 aliphatic heterocycles. The summed E-state index contributed by atoms with van der Waals surface area (Å²) in [4.78, 5) is 13.3. The summed E-state index contributed by atoms with van der Waals surface area (Å²) in [5.41, 5.74) is 4.87. The van der Waals surface area contributed by atoms with E-state index in [1.807, 2.05) is 26.0 Å². The third kappa shape index (κ3) is 3.19. The van der Waals surface area contributed by atoms with Gasteiger partial charge in [0.2, 0.25) is 0 Å². The van der Waals surface area contributed by atoms with E-state index in [0.29, 0.717) is 16.3 Å². The minimum absolute atomic E-state index is 0.195. The lowest BCUT2D eigenvalue weighted by Crippen LogP contribution is -2.12. The first-order valence-corrected chi connectivity index (χ1v) is 8.58. The van der Waals surface area contributed by atoms with Crippen molar-refractivity contribution in [3.05, 3.63) is 57.3 Å². The van der Waals surface area contributed by atoms with Crippen LogP contribution in [0.15, 0.2) is 28.8 Å². The predicted octanol–water partition coefficient (Wildman–Crippen LogP) is 4.76. The number of aryl methyl sites for hydroxylation is 4. The van der Waals surface area contributed by atoms with Crippen LogP contribution in [0.4, 0.5) is 5.00 Å². The number of hydrogen-bond acceptors (Lipinski definition) is 5. The molecule has 25 heavy (non-hydrogen) atoms. The number of aromatic nitrogens is 1. The van der Waals surface area contributed by atoms with Gasteiger partial charge >= 0.3 is 0 Å². The van der Waals surface area contributed by atoms with E-state index >= 15 is 0 Å². The zero-order valence-corrected chi connectivity index (χ0v) is 15.2. The summed E-state index contributed by atoms with van der Waals surface area (Å²) in [6.45, 7) is 7.77. The molecule has 5 nitrogen and oxygen atoms in total. The summed E-state index contributed by atoms with van der Waals surface area (Å²) in [6.07, 6.45) is 0. The maximum atomic E-state index is 12.3. The van der Waals surface area contributed by atoms with Gasteiger partial charge in [-0.25, -0.2) is 0 Å². The molecular weight excluding hydrogens is 334 g/mol. The quantitative estimate of drug-likeness (QED) is 0.738. The number of carbonyl (C=O) groups is 1. The van der Waals surface area contributed by atoms with Crippen molar-refractivity contribution < 1.29 is 9.32 Å². The maximum absolute atomic E-state index is 12.3. The zero-order valence-electron chi connectivity index (χ0n) is 14.4. The van der Waals surface area contributed by atoms with Crippen molar-refractivity contribution >= 4 is 22.2 Å². The second kappa shape index (κ2) is 6.54. The van der Waals surface area contributed by atoms with E-state index in [0.717, 1.165) is 21.6 Å². The topological polar surface area (TPSA) is 78.9 Å². The molecule has 1 N–H and O–H groups in total. The summed E-state index contributed by atoms with van der Waals surface area (Å²) in [7, 11) is 0. The molecule has 0 saturated heterocycles. The van der Waals surface area contributed by atoms with Crippen molar-refractivity contribution in [1.29, 1.82) is 5.26 Å². The first-order valence-electron chi connectivity index (χ1n) is 7.76. The van der Waals surface area contributed by atoms with Crippen molar-refractivity contribution in [2.24, 2.45) is 0 Å². The first kappa shape index (κ1) is 16.9. The van der Waals surface area contributed by atoms with Gasteiger partial charge in [0.15, 0.2) is 5.69 Å². The summed E-state index contributed by atoms with van der Waals surface area (Å²) in [5.74, 6) is 0.171. The molecule has 2 aromatic heterocycles. The molecule has 6 heteroatoms. The van der Waals surface area contributed by atoms with E-state index in [4.69, 9.17) is 4.52 Å². The van der Waals surface area contributed by atoms with Crippen molar-refractivity contribution in [2.45, 2.75) is 27.7 Å². The van der Waals surface area contributed by atoms with Gasteiger partial charge in [-0.3, -0.25) is 4.79 Å². The van der Waals surface area contributed by atoms with Crippen LogP contribution >= 0.6 is 11.3 Å². The number of carbonyl (C=O) groups excluding carboxylic acids is 1. The molecule has 0 saturated carbocycles. The summed E-state index contributed by atoms with van der Waals surface area (Å²) in [5, 5.41) is 16.7. The largest absolute Gasteiger partial charge is 0.361 e. The van der Waals surface area contributed by atoms with Gasteiger partial charge in [0, 0.05) is 16.5 Å². The van der Waals surface area contributed by atoms with E-state index in [1.54, 1.807) is 13.0 Å². The second-order valence-electron chi connectivity index (χ2n) is 5.93. The molecule has 3 rings (SSSR count). The molecule has 0 aliphatic rings. The second-order valence-corrected chi connectivity index (χ2v) is 7.15. The van der Waals surface area contributed by atoms with Gasteiger partial charge in [0.05, 0.1) is 5.56 Å². The van der Waals surface area contributed by atoms with Crippen molar-refractivity contribution in [3.63, 3.8) is 0 Å². The number of hydrogen-bond donors (Lipinski definition) is 1. The SMILES string of the molecule is Cc1cc(C(=O)Nc2sc(C)c(-c3ccc(C)c(C)c3)c2C#N)no1. The van der Waals surface area contributed by atoms with Gasteiger partial charge in [-0.2, -0.15) is 5.26 Å². The molecule has 0 atom stereocenters. The normalized spacial score (nSPS) is 10.5.